The SMILES string of the molecule is NC(=O)C(F)C1CCN(C(=O)Nc2cn(CC(F)(F)F)nc2C2CC2)CC1. The molecule has 7 nitrogen and oxygen atoms in total. The van der Waals surface area contributed by atoms with Crippen molar-refractivity contribution in [3.8, 4) is 0 Å². The molecule has 3 amide bonds. The van der Waals surface area contributed by atoms with Gasteiger partial charge in [-0.1, -0.05) is 0 Å². The number of urea groups is 1. The lowest BCUT2D eigenvalue weighted by Crippen LogP contribution is -2.44. The van der Waals surface area contributed by atoms with Gasteiger partial charge in [-0.25, -0.2) is 9.18 Å². The average Bonchev–Trinajstić information content (AvgIpc) is 3.36. The number of amides is 3. The Morgan fingerprint density at radius 3 is 2.41 bits per heavy atom. The topological polar surface area (TPSA) is 93.3 Å². The summed E-state index contributed by atoms with van der Waals surface area (Å²) in [4.78, 5) is 24.8. The highest BCUT2D eigenvalue weighted by atomic mass is 19.4. The Hall–Kier alpha value is -2.33. The molecule has 1 atom stereocenters. The summed E-state index contributed by atoms with van der Waals surface area (Å²) in [6, 6.07) is -0.476. The molecule has 1 saturated heterocycles. The first kappa shape index (κ1) is 19.4. The van der Waals surface area contributed by atoms with Gasteiger partial charge in [0.2, 0.25) is 0 Å². The molecule has 1 aromatic heterocycles. The predicted octanol–water partition coefficient (Wildman–Crippen LogP) is 2.39. The largest absolute Gasteiger partial charge is 0.408 e. The van der Waals surface area contributed by atoms with E-state index in [0.717, 1.165) is 17.5 Å². The number of alkyl halides is 4. The molecule has 2 fully saturated rings. The van der Waals surface area contributed by atoms with Crippen LogP contribution in [0.2, 0.25) is 0 Å². The molecule has 0 radical (unpaired) electrons. The quantitative estimate of drug-likeness (QED) is 0.755. The van der Waals surface area contributed by atoms with E-state index < -0.39 is 36.7 Å². The Morgan fingerprint density at radius 2 is 1.89 bits per heavy atom. The summed E-state index contributed by atoms with van der Waals surface area (Å²) in [6.07, 6.45) is -2.72. The predicted molar refractivity (Wildman–Crippen MR) is 87.7 cm³/mol. The van der Waals surface area contributed by atoms with Gasteiger partial charge < -0.3 is 16.0 Å². The molecule has 2 aliphatic rings. The standard InChI is InChI=1S/C16H21F4N5O2/c17-12(14(21)26)9-3-5-24(6-4-9)15(27)22-11-7-25(8-16(18,19)20)23-13(11)10-1-2-10/h7,9-10,12H,1-6,8H2,(H2,21,26)(H,22,27). The van der Waals surface area contributed by atoms with Gasteiger partial charge in [0.15, 0.2) is 6.17 Å². The van der Waals surface area contributed by atoms with Crippen LogP contribution in [0.4, 0.5) is 28.0 Å². The Morgan fingerprint density at radius 1 is 1.26 bits per heavy atom. The van der Waals surface area contributed by atoms with Gasteiger partial charge in [0.25, 0.3) is 5.91 Å². The molecular formula is C16H21F4N5O2. The summed E-state index contributed by atoms with van der Waals surface area (Å²) in [5.41, 5.74) is 5.70. The van der Waals surface area contributed by atoms with Gasteiger partial charge in [0, 0.05) is 31.1 Å². The number of hydrogen-bond donors (Lipinski definition) is 2. The lowest BCUT2D eigenvalue weighted by Gasteiger charge is -2.32. The van der Waals surface area contributed by atoms with E-state index in [4.69, 9.17) is 5.73 Å². The van der Waals surface area contributed by atoms with Crippen LogP contribution in [-0.4, -0.2) is 52.1 Å². The fraction of sp³-hybridized carbons (Fsp3) is 0.688. The van der Waals surface area contributed by atoms with Crippen molar-refractivity contribution in [1.29, 1.82) is 0 Å². The number of anilines is 1. The lowest BCUT2D eigenvalue weighted by atomic mass is 9.92. The van der Waals surface area contributed by atoms with Crippen LogP contribution in [0.3, 0.4) is 0 Å². The highest BCUT2D eigenvalue weighted by molar-refractivity contribution is 5.90. The van der Waals surface area contributed by atoms with Crippen LogP contribution in [0.5, 0.6) is 0 Å². The second kappa shape index (κ2) is 7.35. The van der Waals surface area contributed by atoms with Crippen molar-refractivity contribution in [2.45, 2.75) is 50.5 Å². The number of carbonyl (C=O) groups is 2. The number of aromatic nitrogens is 2. The molecule has 0 aromatic carbocycles. The zero-order chi connectivity index (χ0) is 19.8. The van der Waals surface area contributed by atoms with Gasteiger partial charge in [0.05, 0.1) is 11.4 Å². The second-order valence-corrected chi connectivity index (χ2v) is 7.07. The minimum atomic E-state index is -4.40. The maximum atomic E-state index is 13.7. The number of hydrogen-bond acceptors (Lipinski definition) is 3. The lowest BCUT2D eigenvalue weighted by molar-refractivity contribution is -0.142. The summed E-state index contributed by atoms with van der Waals surface area (Å²) < 4.78 is 52.2. The normalized spacial score (nSPS) is 19.8. The first-order chi connectivity index (χ1) is 12.6. The van der Waals surface area contributed by atoms with Crippen LogP contribution in [0.25, 0.3) is 0 Å². The number of piperidine rings is 1. The number of primary amides is 1. The van der Waals surface area contributed by atoms with Crippen molar-refractivity contribution in [2.24, 2.45) is 11.7 Å². The van der Waals surface area contributed by atoms with Crippen LogP contribution in [-0.2, 0) is 11.3 Å². The zero-order valence-electron chi connectivity index (χ0n) is 14.5. The van der Waals surface area contributed by atoms with Crippen molar-refractivity contribution in [3.05, 3.63) is 11.9 Å². The first-order valence-corrected chi connectivity index (χ1v) is 8.77. The van der Waals surface area contributed by atoms with E-state index in [2.05, 4.69) is 10.4 Å². The van der Waals surface area contributed by atoms with Crippen LogP contribution in [0.1, 0.15) is 37.3 Å². The number of halogens is 4. The Labute approximate surface area is 152 Å². The van der Waals surface area contributed by atoms with E-state index in [1.807, 2.05) is 0 Å². The van der Waals surface area contributed by atoms with E-state index in [1.54, 1.807) is 0 Å². The number of carbonyl (C=O) groups excluding carboxylic acids is 2. The molecule has 27 heavy (non-hydrogen) atoms. The molecule has 1 aliphatic heterocycles. The molecule has 1 unspecified atom stereocenters. The van der Waals surface area contributed by atoms with Gasteiger partial charge in [-0.2, -0.15) is 18.3 Å². The molecule has 11 heteroatoms. The molecule has 3 N–H and O–H groups in total. The van der Waals surface area contributed by atoms with Gasteiger partial charge in [-0.3, -0.25) is 9.48 Å². The Kier molecular flexibility index (Phi) is 5.29. The van der Waals surface area contributed by atoms with Crippen molar-refractivity contribution in [2.75, 3.05) is 18.4 Å². The molecular weight excluding hydrogens is 370 g/mol. The van der Waals surface area contributed by atoms with Crippen molar-refractivity contribution < 1.29 is 27.2 Å². The molecule has 1 aromatic rings. The van der Waals surface area contributed by atoms with E-state index >= 15 is 0 Å². The highest BCUT2D eigenvalue weighted by Crippen LogP contribution is 2.42. The molecule has 1 aliphatic carbocycles. The highest BCUT2D eigenvalue weighted by Gasteiger charge is 2.35. The second-order valence-electron chi connectivity index (χ2n) is 7.07. The third kappa shape index (κ3) is 4.89. The van der Waals surface area contributed by atoms with Crippen LogP contribution >= 0.6 is 0 Å². The van der Waals surface area contributed by atoms with Crippen LogP contribution < -0.4 is 11.1 Å². The first-order valence-electron chi connectivity index (χ1n) is 8.77. The van der Waals surface area contributed by atoms with Gasteiger partial charge in [-0.05, 0) is 25.7 Å². The molecule has 0 spiro atoms. The van der Waals surface area contributed by atoms with E-state index in [9.17, 15) is 27.2 Å². The summed E-state index contributed by atoms with van der Waals surface area (Å²) in [6.45, 7) is -0.752. The van der Waals surface area contributed by atoms with Crippen molar-refractivity contribution in [1.82, 2.24) is 14.7 Å². The third-order valence-corrected chi connectivity index (χ3v) is 4.85. The minimum Gasteiger partial charge on any atom is -0.367 e. The number of likely N-dealkylation sites (tertiary alicyclic amines) is 1. The Bertz CT molecular complexity index is 708. The smallest absolute Gasteiger partial charge is 0.367 e. The van der Waals surface area contributed by atoms with Crippen molar-refractivity contribution >= 4 is 17.6 Å². The summed E-state index contributed by atoms with van der Waals surface area (Å²) in [5, 5.41) is 6.60. The molecule has 150 valence electrons. The average molecular weight is 391 g/mol. The van der Waals surface area contributed by atoms with E-state index in [0.29, 0.717) is 18.5 Å². The number of nitrogens with two attached hydrogens (primary N) is 1. The zero-order valence-corrected chi connectivity index (χ0v) is 14.5. The summed E-state index contributed by atoms with van der Waals surface area (Å²) in [7, 11) is 0. The third-order valence-electron chi connectivity index (χ3n) is 4.85. The Balaban J connectivity index is 1.62. The summed E-state index contributed by atoms with van der Waals surface area (Å²) in [5.74, 6) is -1.48. The van der Waals surface area contributed by atoms with E-state index in [1.165, 1.54) is 11.1 Å². The minimum absolute atomic E-state index is 0.0587. The monoisotopic (exact) mass is 391 g/mol. The number of nitrogens with one attached hydrogen (secondary N) is 1. The number of nitrogens with zero attached hydrogens (tertiary/aromatic N) is 3. The number of rotatable bonds is 5. The molecule has 0 bridgehead atoms. The fourth-order valence-corrected chi connectivity index (χ4v) is 3.28. The van der Waals surface area contributed by atoms with Crippen LogP contribution in [0, 0.1) is 5.92 Å². The van der Waals surface area contributed by atoms with Crippen molar-refractivity contribution in [3.63, 3.8) is 0 Å². The molecule has 2 heterocycles. The molecule has 3 rings (SSSR count). The van der Waals surface area contributed by atoms with Crippen LogP contribution in [0.15, 0.2) is 6.20 Å². The van der Waals surface area contributed by atoms with Gasteiger partial charge in [0.1, 0.15) is 6.54 Å². The fourth-order valence-electron chi connectivity index (χ4n) is 3.28. The molecule has 1 saturated carbocycles. The maximum Gasteiger partial charge on any atom is 0.408 e. The van der Waals surface area contributed by atoms with Gasteiger partial charge >= 0.3 is 12.2 Å². The maximum absolute atomic E-state index is 13.7. The summed E-state index contributed by atoms with van der Waals surface area (Å²) >= 11 is 0. The van der Waals surface area contributed by atoms with Gasteiger partial charge in [-0.15, -0.1) is 0 Å². The van der Waals surface area contributed by atoms with E-state index in [-0.39, 0.29) is 24.7 Å².